The van der Waals surface area contributed by atoms with Crippen LogP contribution in [-0.2, 0) is 31.8 Å². The molecule has 4 rings (SSSR count). The summed E-state index contributed by atoms with van der Waals surface area (Å²) in [6.45, 7) is 3.88. The van der Waals surface area contributed by atoms with Crippen LogP contribution < -0.4 is 0 Å². The van der Waals surface area contributed by atoms with Crippen molar-refractivity contribution in [2.24, 2.45) is 5.92 Å². The Balaban J connectivity index is 1.41. The molecule has 0 bridgehead atoms. The van der Waals surface area contributed by atoms with Gasteiger partial charge in [0.05, 0.1) is 12.2 Å². The van der Waals surface area contributed by atoms with Gasteiger partial charge in [-0.1, -0.05) is 60.7 Å². The predicted octanol–water partition coefficient (Wildman–Crippen LogP) is 4.70. The summed E-state index contributed by atoms with van der Waals surface area (Å²) >= 11 is 0. The maximum Gasteiger partial charge on any atom is 0.314 e. The van der Waals surface area contributed by atoms with E-state index in [9.17, 15) is 4.79 Å². The van der Waals surface area contributed by atoms with Crippen molar-refractivity contribution < 1.29 is 19.0 Å². The van der Waals surface area contributed by atoms with Gasteiger partial charge in [-0.3, -0.25) is 4.79 Å². The van der Waals surface area contributed by atoms with Crippen molar-refractivity contribution in [1.29, 1.82) is 0 Å². The molecule has 4 heteroatoms. The lowest BCUT2D eigenvalue weighted by molar-refractivity contribution is -0.330. The lowest BCUT2D eigenvalue weighted by Crippen LogP contribution is -2.58. The zero-order chi connectivity index (χ0) is 20.3. The number of hydrogen-bond acceptors (Lipinski definition) is 4. The molecule has 2 heterocycles. The zero-order valence-electron chi connectivity index (χ0n) is 17.3. The van der Waals surface area contributed by atoms with E-state index in [4.69, 9.17) is 14.2 Å². The number of carbonyl (C=O) groups is 1. The van der Waals surface area contributed by atoms with Crippen molar-refractivity contribution >= 4 is 5.97 Å². The number of carbonyl (C=O) groups excluding carboxylic acids is 1. The zero-order valence-corrected chi connectivity index (χ0v) is 17.3. The molecule has 0 aromatic heterocycles. The SMILES string of the molecule is CC1(C)O[C@@H](CCc2ccccc2)[C@H]2C(=O)O[C@H](CCc3ccccc3)C[C@@H]2O1. The van der Waals surface area contributed by atoms with Crippen LogP contribution in [0.2, 0.25) is 0 Å². The fraction of sp³-hybridized carbons (Fsp3) is 0.480. The number of esters is 1. The first-order valence-corrected chi connectivity index (χ1v) is 10.6. The monoisotopic (exact) mass is 394 g/mol. The van der Waals surface area contributed by atoms with Gasteiger partial charge in [0.1, 0.15) is 12.0 Å². The molecular weight excluding hydrogens is 364 g/mol. The standard InChI is InChI=1S/C25H30O4/c1-25(2)28-21(16-14-19-11-7-4-8-12-19)23-22(29-25)17-20(27-24(23)26)15-13-18-9-5-3-6-10-18/h3-12,20-23H,13-17H2,1-2H3/t20-,21+,22+,23-/m1/s1. The van der Waals surface area contributed by atoms with Crippen LogP contribution in [0.15, 0.2) is 60.7 Å². The third-order valence-corrected chi connectivity index (χ3v) is 5.88. The number of fused-ring (bicyclic) bond motifs is 1. The minimum atomic E-state index is -0.690. The minimum Gasteiger partial charge on any atom is -0.462 e. The largest absolute Gasteiger partial charge is 0.462 e. The molecule has 0 spiro atoms. The highest BCUT2D eigenvalue weighted by Gasteiger charge is 2.51. The molecule has 0 amide bonds. The third kappa shape index (κ3) is 5.06. The second-order valence-electron chi connectivity index (χ2n) is 8.58. The summed E-state index contributed by atoms with van der Waals surface area (Å²) in [6, 6.07) is 20.6. The van der Waals surface area contributed by atoms with Crippen molar-refractivity contribution in [3.05, 3.63) is 71.8 Å². The second kappa shape index (κ2) is 8.68. The Bertz CT molecular complexity index is 802. The van der Waals surface area contributed by atoms with Gasteiger partial charge >= 0.3 is 5.97 Å². The summed E-state index contributed by atoms with van der Waals surface area (Å²) in [4.78, 5) is 12.9. The van der Waals surface area contributed by atoms with Crippen LogP contribution in [0.25, 0.3) is 0 Å². The van der Waals surface area contributed by atoms with E-state index in [0.29, 0.717) is 0 Å². The van der Waals surface area contributed by atoms with Crippen molar-refractivity contribution in [2.45, 2.75) is 70.1 Å². The maximum atomic E-state index is 12.9. The van der Waals surface area contributed by atoms with Gasteiger partial charge in [-0.25, -0.2) is 0 Å². The molecule has 2 saturated heterocycles. The van der Waals surface area contributed by atoms with Crippen LogP contribution in [0.5, 0.6) is 0 Å². The van der Waals surface area contributed by atoms with Crippen LogP contribution in [0.1, 0.15) is 44.2 Å². The molecule has 0 aliphatic carbocycles. The molecule has 2 aromatic rings. The number of aryl methyl sites for hydroxylation is 2. The van der Waals surface area contributed by atoms with Crippen LogP contribution >= 0.6 is 0 Å². The molecule has 29 heavy (non-hydrogen) atoms. The normalized spacial score (nSPS) is 28.4. The molecule has 2 aliphatic rings. The summed E-state index contributed by atoms with van der Waals surface area (Å²) in [7, 11) is 0. The Morgan fingerprint density at radius 3 is 2.07 bits per heavy atom. The lowest BCUT2D eigenvalue weighted by atomic mass is 9.84. The van der Waals surface area contributed by atoms with Crippen molar-refractivity contribution in [2.75, 3.05) is 0 Å². The topological polar surface area (TPSA) is 44.8 Å². The minimum absolute atomic E-state index is 0.104. The van der Waals surface area contributed by atoms with E-state index in [2.05, 4.69) is 24.3 Å². The molecule has 0 radical (unpaired) electrons. The molecule has 0 N–H and O–H groups in total. The first-order valence-electron chi connectivity index (χ1n) is 10.6. The van der Waals surface area contributed by atoms with Gasteiger partial charge in [-0.2, -0.15) is 0 Å². The van der Waals surface area contributed by atoms with Crippen LogP contribution in [0, 0.1) is 5.92 Å². The number of rotatable bonds is 6. The highest BCUT2D eigenvalue weighted by molar-refractivity contribution is 5.75. The summed E-state index contributed by atoms with van der Waals surface area (Å²) < 4.78 is 18.2. The first kappa shape index (κ1) is 20.1. The van der Waals surface area contributed by atoms with Crippen molar-refractivity contribution in [1.82, 2.24) is 0 Å². The molecule has 0 saturated carbocycles. The highest BCUT2D eigenvalue weighted by Crippen LogP contribution is 2.39. The number of ether oxygens (including phenoxy) is 3. The van der Waals surface area contributed by atoms with Crippen LogP contribution in [0.3, 0.4) is 0 Å². The van der Waals surface area contributed by atoms with Crippen molar-refractivity contribution in [3.8, 4) is 0 Å². The predicted molar refractivity (Wildman–Crippen MR) is 111 cm³/mol. The van der Waals surface area contributed by atoms with Gasteiger partial charge in [0.15, 0.2) is 5.79 Å². The quantitative estimate of drug-likeness (QED) is 0.666. The number of cyclic esters (lactones) is 1. The number of hydrogen-bond donors (Lipinski definition) is 0. The molecule has 2 aliphatic heterocycles. The van der Waals surface area contributed by atoms with Crippen molar-refractivity contribution in [3.63, 3.8) is 0 Å². The molecule has 2 aromatic carbocycles. The highest BCUT2D eigenvalue weighted by atomic mass is 16.7. The van der Waals surface area contributed by atoms with E-state index < -0.39 is 5.79 Å². The van der Waals surface area contributed by atoms with Crippen LogP contribution in [0.4, 0.5) is 0 Å². The van der Waals surface area contributed by atoms with Gasteiger partial charge in [-0.15, -0.1) is 0 Å². The van der Waals surface area contributed by atoms with Gasteiger partial charge in [-0.05, 0) is 50.7 Å². The van der Waals surface area contributed by atoms with Gasteiger partial charge in [0.2, 0.25) is 0 Å². The second-order valence-corrected chi connectivity index (χ2v) is 8.58. The number of benzene rings is 2. The molecule has 154 valence electrons. The fourth-order valence-corrected chi connectivity index (χ4v) is 4.53. The van der Waals surface area contributed by atoms with Gasteiger partial charge < -0.3 is 14.2 Å². The first-order chi connectivity index (χ1) is 14.0. The Morgan fingerprint density at radius 2 is 1.45 bits per heavy atom. The lowest BCUT2D eigenvalue weighted by Gasteiger charge is -2.48. The van der Waals surface area contributed by atoms with Gasteiger partial charge in [0.25, 0.3) is 0 Å². The van der Waals surface area contributed by atoms with E-state index >= 15 is 0 Å². The Labute approximate surface area is 173 Å². The maximum absolute atomic E-state index is 12.9. The van der Waals surface area contributed by atoms with E-state index in [-0.39, 0.29) is 30.2 Å². The smallest absolute Gasteiger partial charge is 0.314 e. The van der Waals surface area contributed by atoms with E-state index in [0.717, 1.165) is 32.1 Å². The average molecular weight is 395 g/mol. The molecule has 4 nitrogen and oxygen atoms in total. The third-order valence-electron chi connectivity index (χ3n) is 5.88. The summed E-state index contributed by atoms with van der Waals surface area (Å²) in [6.07, 6.45) is 3.65. The molecule has 2 fully saturated rings. The summed E-state index contributed by atoms with van der Waals surface area (Å²) in [5, 5.41) is 0. The average Bonchev–Trinajstić information content (AvgIpc) is 2.71. The fourth-order valence-electron chi connectivity index (χ4n) is 4.53. The summed E-state index contributed by atoms with van der Waals surface area (Å²) in [5.74, 6) is -1.21. The van der Waals surface area contributed by atoms with E-state index in [1.165, 1.54) is 11.1 Å². The molecular formula is C25H30O4. The van der Waals surface area contributed by atoms with Gasteiger partial charge in [0, 0.05) is 6.42 Å². The molecule has 4 atom stereocenters. The van der Waals surface area contributed by atoms with E-state index in [1.807, 2.05) is 50.2 Å². The van der Waals surface area contributed by atoms with E-state index in [1.54, 1.807) is 0 Å². The Morgan fingerprint density at radius 1 is 0.862 bits per heavy atom. The molecule has 0 unspecified atom stereocenters. The van der Waals surface area contributed by atoms with Crippen LogP contribution in [-0.4, -0.2) is 30.1 Å². The summed E-state index contributed by atoms with van der Waals surface area (Å²) in [5.41, 5.74) is 2.52. The Kier molecular flexibility index (Phi) is 6.02. The Hall–Kier alpha value is -2.17.